The second kappa shape index (κ2) is 12.5. The van der Waals surface area contributed by atoms with Crippen LogP contribution in [0.5, 0.6) is 0 Å². The first-order chi connectivity index (χ1) is 25.8. The Balaban J connectivity index is 1.24. The van der Waals surface area contributed by atoms with Gasteiger partial charge in [0, 0.05) is 16.7 Å². The van der Waals surface area contributed by atoms with Crippen LogP contribution in [0.15, 0.2) is 194 Å². The highest BCUT2D eigenvalue weighted by Crippen LogP contribution is 2.44. The van der Waals surface area contributed by atoms with Crippen molar-refractivity contribution in [1.29, 1.82) is 0 Å². The van der Waals surface area contributed by atoms with Gasteiger partial charge in [0.1, 0.15) is 0 Å². The van der Waals surface area contributed by atoms with Crippen LogP contribution in [-0.2, 0) is 0 Å². The van der Waals surface area contributed by atoms with Crippen LogP contribution in [-0.4, -0.2) is 9.97 Å². The van der Waals surface area contributed by atoms with Gasteiger partial charge in [-0.3, -0.25) is 0 Å². The Morgan fingerprint density at radius 1 is 0.269 bits per heavy atom. The fraction of sp³-hybridized carbons (Fsp3) is 0. The lowest BCUT2D eigenvalue weighted by Crippen LogP contribution is -1.98. The number of nitrogens with zero attached hydrogens (tertiary/aromatic N) is 2. The van der Waals surface area contributed by atoms with Crippen molar-refractivity contribution in [3.8, 4) is 56.2 Å². The lowest BCUT2D eigenvalue weighted by Gasteiger charge is -2.18. The Bertz CT molecular complexity index is 2960. The standard InChI is InChI=1S/C50H32N2/c1-2-16-35(17-3-1)50-51-47(42-23-11-10-21-40(42)38-27-26-33-14-4-5-18-36(33)30-38)32-48(52-50)43-24-12-13-25-44(43)49-41-22-9-7-19-37(41)31-46-39-20-8-6-15-34(39)28-29-45(46)49/h1-32H. The average molecular weight is 661 g/mol. The molecule has 1 heterocycles. The third-order valence-corrected chi connectivity index (χ3v) is 10.3. The maximum Gasteiger partial charge on any atom is 0.160 e. The normalized spacial score (nSPS) is 11.5. The largest absolute Gasteiger partial charge is 0.228 e. The summed E-state index contributed by atoms with van der Waals surface area (Å²) in [5, 5.41) is 9.85. The van der Waals surface area contributed by atoms with Crippen molar-refractivity contribution in [2.24, 2.45) is 0 Å². The lowest BCUT2D eigenvalue weighted by molar-refractivity contribution is 1.18. The van der Waals surface area contributed by atoms with Crippen LogP contribution in [0.25, 0.3) is 99.2 Å². The molecule has 0 N–H and O–H groups in total. The average Bonchev–Trinajstić information content (AvgIpc) is 3.23. The van der Waals surface area contributed by atoms with Gasteiger partial charge in [0.15, 0.2) is 5.82 Å². The Kier molecular flexibility index (Phi) is 7.18. The van der Waals surface area contributed by atoms with Crippen LogP contribution in [0.1, 0.15) is 0 Å². The zero-order valence-corrected chi connectivity index (χ0v) is 28.4. The summed E-state index contributed by atoms with van der Waals surface area (Å²) in [6.45, 7) is 0. The Morgan fingerprint density at radius 2 is 0.827 bits per heavy atom. The Hall–Kier alpha value is -6.90. The van der Waals surface area contributed by atoms with Crippen molar-refractivity contribution in [3.63, 3.8) is 0 Å². The molecule has 1 aromatic heterocycles. The Morgan fingerprint density at radius 3 is 1.60 bits per heavy atom. The molecule has 0 bridgehead atoms. The van der Waals surface area contributed by atoms with E-state index in [0.29, 0.717) is 5.82 Å². The van der Waals surface area contributed by atoms with Gasteiger partial charge in [0.2, 0.25) is 0 Å². The molecule has 0 aliphatic rings. The summed E-state index contributed by atoms with van der Waals surface area (Å²) in [6.07, 6.45) is 0. The fourth-order valence-electron chi connectivity index (χ4n) is 7.79. The van der Waals surface area contributed by atoms with E-state index in [1.165, 1.54) is 48.7 Å². The molecule has 0 atom stereocenters. The van der Waals surface area contributed by atoms with Crippen molar-refractivity contribution < 1.29 is 0 Å². The van der Waals surface area contributed by atoms with Gasteiger partial charge in [0.25, 0.3) is 0 Å². The first-order valence-electron chi connectivity index (χ1n) is 17.7. The highest BCUT2D eigenvalue weighted by Gasteiger charge is 2.19. The minimum absolute atomic E-state index is 0.699. The zero-order valence-electron chi connectivity index (χ0n) is 28.4. The minimum Gasteiger partial charge on any atom is -0.228 e. The van der Waals surface area contributed by atoms with Crippen molar-refractivity contribution in [1.82, 2.24) is 9.97 Å². The second-order valence-corrected chi connectivity index (χ2v) is 13.3. The highest BCUT2D eigenvalue weighted by atomic mass is 14.9. The zero-order chi connectivity index (χ0) is 34.4. The second-order valence-electron chi connectivity index (χ2n) is 13.3. The van der Waals surface area contributed by atoms with Crippen LogP contribution < -0.4 is 0 Å². The van der Waals surface area contributed by atoms with Crippen LogP contribution in [0.3, 0.4) is 0 Å². The SMILES string of the molecule is c1ccc(-c2nc(-c3ccccc3-c3ccc4ccccc4c3)cc(-c3ccccc3-c3c4ccccc4cc4c3ccc3ccccc34)n2)cc1. The first-order valence-corrected chi connectivity index (χ1v) is 17.7. The van der Waals surface area contributed by atoms with Gasteiger partial charge in [-0.05, 0) is 83.5 Å². The number of fused-ring (bicyclic) bond motifs is 5. The van der Waals surface area contributed by atoms with Gasteiger partial charge in [0.05, 0.1) is 11.4 Å². The molecular formula is C50H32N2. The minimum atomic E-state index is 0.699. The van der Waals surface area contributed by atoms with Crippen molar-refractivity contribution >= 4 is 43.1 Å². The number of rotatable bonds is 5. The van der Waals surface area contributed by atoms with Gasteiger partial charge in [-0.25, -0.2) is 9.97 Å². The monoisotopic (exact) mass is 660 g/mol. The predicted octanol–water partition coefficient (Wildman–Crippen LogP) is 13.4. The molecule has 10 aromatic rings. The third-order valence-electron chi connectivity index (χ3n) is 10.3. The van der Waals surface area contributed by atoms with E-state index in [2.05, 4.69) is 188 Å². The first kappa shape index (κ1) is 30.0. The summed E-state index contributed by atoms with van der Waals surface area (Å²) in [7, 11) is 0. The van der Waals surface area contributed by atoms with E-state index >= 15 is 0 Å². The fourth-order valence-corrected chi connectivity index (χ4v) is 7.79. The number of benzene rings is 9. The van der Waals surface area contributed by atoms with Gasteiger partial charge in [-0.1, -0.05) is 176 Å². The van der Waals surface area contributed by atoms with Crippen molar-refractivity contribution in [3.05, 3.63) is 194 Å². The smallest absolute Gasteiger partial charge is 0.160 e. The molecule has 0 radical (unpaired) electrons. The van der Waals surface area contributed by atoms with E-state index in [9.17, 15) is 0 Å². The van der Waals surface area contributed by atoms with Gasteiger partial charge < -0.3 is 0 Å². The van der Waals surface area contributed by atoms with Crippen molar-refractivity contribution in [2.75, 3.05) is 0 Å². The lowest BCUT2D eigenvalue weighted by atomic mass is 9.87. The molecule has 0 fully saturated rings. The van der Waals surface area contributed by atoms with Crippen molar-refractivity contribution in [2.45, 2.75) is 0 Å². The molecule has 0 aliphatic carbocycles. The highest BCUT2D eigenvalue weighted by molar-refractivity contribution is 6.21. The molecule has 52 heavy (non-hydrogen) atoms. The molecule has 2 nitrogen and oxygen atoms in total. The maximum absolute atomic E-state index is 5.33. The summed E-state index contributed by atoms with van der Waals surface area (Å²) in [4.78, 5) is 10.6. The topological polar surface area (TPSA) is 25.8 Å². The summed E-state index contributed by atoms with van der Waals surface area (Å²) in [6, 6.07) is 69.3. The molecule has 242 valence electrons. The molecule has 10 rings (SSSR count). The van der Waals surface area contributed by atoms with E-state index in [4.69, 9.17) is 9.97 Å². The number of hydrogen-bond acceptors (Lipinski definition) is 2. The molecule has 9 aromatic carbocycles. The van der Waals surface area contributed by atoms with E-state index in [1.807, 2.05) is 6.07 Å². The van der Waals surface area contributed by atoms with Gasteiger partial charge >= 0.3 is 0 Å². The van der Waals surface area contributed by atoms with E-state index in [0.717, 1.165) is 44.8 Å². The molecule has 0 aliphatic heterocycles. The molecule has 0 amide bonds. The predicted molar refractivity (Wildman–Crippen MR) is 219 cm³/mol. The summed E-state index contributed by atoms with van der Waals surface area (Å²) >= 11 is 0. The molecular weight excluding hydrogens is 629 g/mol. The Labute approximate surface area is 302 Å². The summed E-state index contributed by atoms with van der Waals surface area (Å²) in [5.41, 5.74) is 9.54. The number of hydrogen-bond donors (Lipinski definition) is 0. The quantitative estimate of drug-likeness (QED) is 0.136. The molecule has 2 heteroatoms. The molecule has 0 spiro atoms. The maximum atomic E-state index is 5.33. The van der Waals surface area contributed by atoms with Gasteiger partial charge in [-0.15, -0.1) is 0 Å². The van der Waals surface area contributed by atoms with E-state index < -0.39 is 0 Å². The molecule has 0 saturated heterocycles. The number of aromatic nitrogens is 2. The summed E-state index contributed by atoms with van der Waals surface area (Å²) < 4.78 is 0. The summed E-state index contributed by atoms with van der Waals surface area (Å²) in [5.74, 6) is 0.699. The third kappa shape index (κ3) is 5.12. The van der Waals surface area contributed by atoms with Crippen LogP contribution in [0.4, 0.5) is 0 Å². The van der Waals surface area contributed by atoms with E-state index in [-0.39, 0.29) is 0 Å². The van der Waals surface area contributed by atoms with E-state index in [1.54, 1.807) is 0 Å². The van der Waals surface area contributed by atoms with Crippen LogP contribution in [0.2, 0.25) is 0 Å². The van der Waals surface area contributed by atoms with Crippen LogP contribution in [0, 0.1) is 0 Å². The van der Waals surface area contributed by atoms with Crippen LogP contribution >= 0.6 is 0 Å². The molecule has 0 unspecified atom stereocenters. The molecule has 0 saturated carbocycles. The van der Waals surface area contributed by atoms with Gasteiger partial charge in [-0.2, -0.15) is 0 Å².